The molecule has 0 saturated carbocycles. The van der Waals surface area contributed by atoms with E-state index in [9.17, 15) is 17.4 Å². The second-order valence-corrected chi connectivity index (χ2v) is 6.43. The lowest BCUT2D eigenvalue weighted by atomic mass is 10.2. The van der Waals surface area contributed by atoms with Crippen LogP contribution in [0.1, 0.15) is 0 Å². The smallest absolute Gasteiger partial charge is 0.293 e. The van der Waals surface area contributed by atoms with Gasteiger partial charge < -0.3 is 4.74 Å². The molecular weight excluding hydrogens is 252 g/mol. The fourth-order valence-corrected chi connectivity index (χ4v) is 2.99. The zero-order chi connectivity index (χ0) is 12.6. The lowest BCUT2D eigenvalue weighted by Gasteiger charge is -2.12. The van der Waals surface area contributed by atoms with E-state index >= 15 is 0 Å². The van der Waals surface area contributed by atoms with Gasteiger partial charge in [0.1, 0.15) is 0 Å². The maximum absolute atomic E-state index is 11.3. The van der Waals surface area contributed by atoms with Gasteiger partial charge in [0.25, 0.3) is 6.47 Å². The molecule has 0 N–H and O–H groups in total. The third kappa shape index (κ3) is 6.52. The van der Waals surface area contributed by atoms with Crippen LogP contribution in [0.25, 0.3) is 0 Å². The van der Waals surface area contributed by atoms with Crippen molar-refractivity contribution in [2.45, 2.75) is 0 Å². The van der Waals surface area contributed by atoms with Crippen molar-refractivity contribution >= 4 is 27.1 Å². The molecule has 0 fully saturated rings. The molecule has 5 nitrogen and oxygen atoms in total. The standard InChI is InChI=1S/C9H14O5S2/c1-3-15(11)6-9(5-14-8-10)7-16(12,13)4-2/h3-4,8-9H,1-2,5-7H2. The molecule has 0 aromatic carbocycles. The van der Waals surface area contributed by atoms with Crippen molar-refractivity contribution in [2.75, 3.05) is 18.1 Å². The molecule has 0 amide bonds. The molecule has 0 spiro atoms. The Balaban J connectivity index is 4.53. The number of carbonyl (C=O) groups excluding carboxylic acids is 1. The quantitative estimate of drug-likeness (QED) is 0.558. The fraction of sp³-hybridized carbons (Fsp3) is 0.444. The molecule has 2 unspecified atom stereocenters. The van der Waals surface area contributed by atoms with Gasteiger partial charge in [-0.25, -0.2) is 8.42 Å². The molecular formula is C9H14O5S2. The van der Waals surface area contributed by atoms with Crippen LogP contribution in [-0.4, -0.2) is 37.2 Å². The normalized spacial score (nSPS) is 14.8. The molecule has 0 saturated heterocycles. The van der Waals surface area contributed by atoms with E-state index < -0.39 is 26.6 Å². The molecule has 16 heavy (non-hydrogen) atoms. The van der Waals surface area contributed by atoms with Gasteiger partial charge in [-0.2, -0.15) is 0 Å². The van der Waals surface area contributed by atoms with Gasteiger partial charge in [0.15, 0.2) is 9.84 Å². The minimum atomic E-state index is -3.40. The van der Waals surface area contributed by atoms with Gasteiger partial charge in [-0.05, 0) is 5.41 Å². The third-order valence-corrected chi connectivity index (χ3v) is 4.32. The molecule has 0 aliphatic heterocycles. The summed E-state index contributed by atoms with van der Waals surface area (Å²) >= 11 is 0. The molecule has 7 heteroatoms. The Morgan fingerprint density at radius 3 is 2.44 bits per heavy atom. The Hall–Kier alpha value is -0.950. The average Bonchev–Trinajstić information content (AvgIpc) is 2.25. The molecule has 0 aromatic rings. The summed E-state index contributed by atoms with van der Waals surface area (Å²) in [6.45, 7) is 6.64. The second kappa shape index (κ2) is 7.34. The Morgan fingerprint density at radius 2 is 2.00 bits per heavy atom. The molecule has 0 bridgehead atoms. The Bertz CT molecular complexity index is 371. The highest BCUT2D eigenvalue weighted by Crippen LogP contribution is 2.07. The van der Waals surface area contributed by atoms with Gasteiger partial charge in [0.05, 0.1) is 12.4 Å². The van der Waals surface area contributed by atoms with E-state index in [4.69, 9.17) is 0 Å². The average molecular weight is 266 g/mol. The number of ether oxygens (including phenoxy) is 1. The Kier molecular flexibility index (Phi) is 6.91. The first-order chi connectivity index (χ1) is 7.45. The number of hydrogen-bond donors (Lipinski definition) is 0. The van der Waals surface area contributed by atoms with Crippen molar-refractivity contribution in [1.29, 1.82) is 0 Å². The maximum atomic E-state index is 11.3. The topological polar surface area (TPSA) is 77.5 Å². The molecule has 0 aliphatic carbocycles. The van der Waals surface area contributed by atoms with Crippen LogP contribution in [-0.2, 0) is 30.2 Å². The monoisotopic (exact) mass is 266 g/mol. The van der Waals surface area contributed by atoms with Crippen LogP contribution in [0.15, 0.2) is 24.0 Å². The van der Waals surface area contributed by atoms with Crippen LogP contribution < -0.4 is 0 Å². The maximum Gasteiger partial charge on any atom is 0.293 e. The van der Waals surface area contributed by atoms with Gasteiger partial charge in [0.2, 0.25) is 0 Å². The Morgan fingerprint density at radius 1 is 1.38 bits per heavy atom. The molecule has 0 radical (unpaired) electrons. The highest BCUT2D eigenvalue weighted by atomic mass is 32.2. The highest BCUT2D eigenvalue weighted by molar-refractivity contribution is 7.94. The summed E-state index contributed by atoms with van der Waals surface area (Å²) in [5, 5.41) is 2.05. The van der Waals surface area contributed by atoms with Crippen molar-refractivity contribution < 1.29 is 22.2 Å². The minimum Gasteiger partial charge on any atom is -0.468 e. The summed E-state index contributed by atoms with van der Waals surface area (Å²) in [7, 11) is -4.73. The molecule has 0 aliphatic rings. The van der Waals surface area contributed by atoms with E-state index in [1.54, 1.807) is 0 Å². The van der Waals surface area contributed by atoms with Crippen LogP contribution in [0.3, 0.4) is 0 Å². The van der Waals surface area contributed by atoms with Crippen molar-refractivity contribution in [3.05, 3.63) is 24.0 Å². The summed E-state index contributed by atoms with van der Waals surface area (Å²) in [6, 6.07) is 0. The number of hydrogen-bond acceptors (Lipinski definition) is 5. The van der Waals surface area contributed by atoms with E-state index in [0.717, 1.165) is 5.41 Å². The van der Waals surface area contributed by atoms with Gasteiger partial charge in [0, 0.05) is 27.9 Å². The predicted octanol–water partition coefficient (Wildman–Crippen LogP) is 0.226. The second-order valence-electron chi connectivity index (χ2n) is 3.01. The largest absolute Gasteiger partial charge is 0.468 e. The van der Waals surface area contributed by atoms with E-state index in [2.05, 4.69) is 17.9 Å². The molecule has 0 rings (SSSR count). The summed E-state index contributed by atoms with van der Waals surface area (Å²) < 4.78 is 38.2. The van der Waals surface area contributed by atoms with Gasteiger partial charge >= 0.3 is 0 Å². The Labute approximate surface area is 97.6 Å². The fourth-order valence-electron chi connectivity index (χ4n) is 1.02. The van der Waals surface area contributed by atoms with E-state index in [-0.39, 0.29) is 24.6 Å². The van der Waals surface area contributed by atoms with E-state index in [0.29, 0.717) is 0 Å². The van der Waals surface area contributed by atoms with Gasteiger partial charge in [-0.3, -0.25) is 9.00 Å². The summed E-state index contributed by atoms with van der Waals surface area (Å²) in [6.07, 6.45) is 0. The highest BCUT2D eigenvalue weighted by Gasteiger charge is 2.19. The molecule has 0 aromatic heterocycles. The molecule has 92 valence electrons. The van der Waals surface area contributed by atoms with Crippen LogP contribution in [0.5, 0.6) is 0 Å². The lowest BCUT2D eigenvalue weighted by Crippen LogP contribution is -2.24. The van der Waals surface area contributed by atoms with Crippen molar-refractivity contribution in [3.63, 3.8) is 0 Å². The first-order valence-electron chi connectivity index (χ1n) is 4.35. The predicted molar refractivity (Wildman–Crippen MR) is 62.7 cm³/mol. The van der Waals surface area contributed by atoms with Crippen LogP contribution in [0.4, 0.5) is 0 Å². The number of carbonyl (C=O) groups is 1. The van der Waals surface area contributed by atoms with Crippen molar-refractivity contribution in [1.82, 2.24) is 0 Å². The van der Waals surface area contributed by atoms with E-state index in [1.165, 1.54) is 5.41 Å². The van der Waals surface area contributed by atoms with E-state index in [1.807, 2.05) is 0 Å². The van der Waals surface area contributed by atoms with Crippen molar-refractivity contribution in [2.24, 2.45) is 5.92 Å². The molecule has 0 heterocycles. The minimum absolute atomic E-state index is 0.0872. The SMILES string of the molecule is C=CS(=O)CC(COC=O)CS(=O)(=O)C=C. The summed E-state index contributed by atoms with van der Waals surface area (Å²) in [5.41, 5.74) is 0. The van der Waals surface area contributed by atoms with Crippen molar-refractivity contribution in [3.8, 4) is 0 Å². The zero-order valence-electron chi connectivity index (χ0n) is 8.70. The first-order valence-corrected chi connectivity index (χ1v) is 7.45. The number of rotatable bonds is 9. The summed E-state index contributed by atoms with van der Waals surface area (Å²) in [4.78, 5) is 10.0. The first kappa shape index (κ1) is 15.0. The zero-order valence-corrected chi connectivity index (χ0v) is 10.3. The number of sulfone groups is 1. The van der Waals surface area contributed by atoms with Gasteiger partial charge in [-0.15, -0.1) is 0 Å². The third-order valence-electron chi connectivity index (χ3n) is 1.71. The molecule has 2 atom stereocenters. The van der Waals surface area contributed by atoms with Crippen LogP contribution in [0.2, 0.25) is 0 Å². The van der Waals surface area contributed by atoms with Crippen LogP contribution >= 0.6 is 0 Å². The lowest BCUT2D eigenvalue weighted by molar-refractivity contribution is -0.129. The summed E-state index contributed by atoms with van der Waals surface area (Å²) in [5.74, 6) is -0.680. The van der Waals surface area contributed by atoms with Gasteiger partial charge in [-0.1, -0.05) is 13.2 Å². The van der Waals surface area contributed by atoms with Crippen LogP contribution in [0, 0.1) is 5.92 Å².